The van der Waals surface area contributed by atoms with Crippen molar-refractivity contribution in [3.05, 3.63) is 23.2 Å². The Morgan fingerprint density at radius 2 is 2.00 bits per heavy atom. The highest BCUT2D eigenvalue weighted by molar-refractivity contribution is 7.89. The van der Waals surface area contributed by atoms with Crippen molar-refractivity contribution in [2.24, 2.45) is 11.8 Å². The second-order valence-electron chi connectivity index (χ2n) is 10.3. The first kappa shape index (κ1) is 26.5. The highest BCUT2D eigenvalue weighted by atomic mass is 35.5. The number of nitrogens with zero attached hydrogens (tertiary/aromatic N) is 3. The molecule has 1 N–H and O–H groups in total. The number of hydrogen-bond acceptors (Lipinski definition) is 7. The molecule has 1 aromatic heterocycles. The summed E-state index contributed by atoms with van der Waals surface area (Å²) in [6.45, 7) is 7.67. The summed E-state index contributed by atoms with van der Waals surface area (Å²) in [6.07, 6.45) is 5.23. The topological polar surface area (TPSA) is 111 Å². The molecule has 4 rings (SSSR count). The van der Waals surface area contributed by atoms with Crippen LogP contribution in [-0.2, 0) is 24.9 Å². The normalized spacial score (nSPS) is 34.7. The average molecular weight is 533 g/mol. The second kappa shape index (κ2) is 10.1. The Morgan fingerprint density at radius 1 is 1.31 bits per heavy atom. The van der Waals surface area contributed by atoms with Crippen LogP contribution in [0.5, 0.6) is 0 Å². The van der Waals surface area contributed by atoms with Crippen LogP contribution in [0.4, 0.5) is 9.18 Å². The van der Waals surface area contributed by atoms with Gasteiger partial charge in [0.25, 0.3) is 0 Å². The third kappa shape index (κ3) is 5.28. The van der Waals surface area contributed by atoms with Gasteiger partial charge >= 0.3 is 6.09 Å². The highest BCUT2D eigenvalue weighted by Crippen LogP contribution is 2.66. The van der Waals surface area contributed by atoms with E-state index < -0.39 is 34.2 Å². The van der Waals surface area contributed by atoms with Gasteiger partial charge in [-0.25, -0.2) is 32.3 Å². The summed E-state index contributed by atoms with van der Waals surface area (Å²) in [4.78, 5) is 23.3. The number of fused-ring (bicyclic) bond motifs is 1. The minimum Gasteiger partial charge on any atom is -0.447 e. The van der Waals surface area contributed by atoms with E-state index in [0.717, 1.165) is 25.1 Å². The molecule has 3 aliphatic rings. The zero-order valence-corrected chi connectivity index (χ0v) is 22.1. The van der Waals surface area contributed by atoms with Crippen molar-refractivity contribution in [1.82, 2.24) is 19.6 Å². The Hall–Kier alpha value is -1.56. The summed E-state index contributed by atoms with van der Waals surface area (Å²) in [6, 6.07) is -3.05. The lowest BCUT2D eigenvalue weighted by Crippen LogP contribution is -2.51. The second-order valence-corrected chi connectivity index (χ2v) is 12.5. The Labute approximate surface area is 211 Å². The molecule has 3 fully saturated rings. The van der Waals surface area contributed by atoms with Crippen LogP contribution in [0.2, 0.25) is 5.02 Å². The number of aromatic nitrogens is 2. The van der Waals surface area contributed by atoms with Gasteiger partial charge in [0.1, 0.15) is 5.82 Å². The van der Waals surface area contributed by atoms with Crippen molar-refractivity contribution < 1.29 is 27.1 Å². The largest absolute Gasteiger partial charge is 0.447 e. The summed E-state index contributed by atoms with van der Waals surface area (Å²) < 4.78 is 51.0. The van der Waals surface area contributed by atoms with Gasteiger partial charge in [-0.3, -0.25) is 4.90 Å². The number of carbonyl (C=O) groups is 1. The predicted molar refractivity (Wildman–Crippen MR) is 128 cm³/mol. The van der Waals surface area contributed by atoms with Gasteiger partial charge in [-0.1, -0.05) is 18.5 Å². The molecule has 0 radical (unpaired) electrons. The molecule has 1 amide bonds. The first-order valence-corrected chi connectivity index (χ1v) is 14.2. The quantitative estimate of drug-likeness (QED) is 0.546. The Morgan fingerprint density at radius 3 is 2.60 bits per heavy atom. The number of hydrogen-bond donors (Lipinski definition) is 1. The van der Waals surface area contributed by atoms with Gasteiger partial charge in [0, 0.05) is 29.9 Å². The number of nitrogens with one attached hydrogen (secondary N) is 1. The lowest BCUT2D eigenvalue weighted by atomic mass is 9.85. The van der Waals surface area contributed by atoms with E-state index in [1.54, 1.807) is 26.2 Å². The van der Waals surface area contributed by atoms with Crippen molar-refractivity contribution >= 4 is 27.7 Å². The Balaban J connectivity index is 1.44. The van der Waals surface area contributed by atoms with E-state index in [4.69, 9.17) is 21.1 Å². The molecule has 0 spiro atoms. The highest BCUT2D eigenvalue weighted by Gasteiger charge is 2.66. The van der Waals surface area contributed by atoms with Crippen molar-refractivity contribution in [1.29, 1.82) is 0 Å². The molecule has 2 unspecified atom stereocenters. The van der Waals surface area contributed by atoms with Crippen molar-refractivity contribution in [3.63, 3.8) is 0 Å². The average Bonchev–Trinajstić information content (AvgIpc) is 3.26. The van der Waals surface area contributed by atoms with Gasteiger partial charge in [-0.05, 0) is 58.3 Å². The summed E-state index contributed by atoms with van der Waals surface area (Å²) in [5, 5.41) is 0.510. The van der Waals surface area contributed by atoms with Gasteiger partial charge in [0.15, 0.2) is 0 Å². The maximum absolute atomic E-state index is 13.0. The summed E-state index contributed by atoms with van der Waals surface area (Å²) >= 11 is 5.96. The van der Waals surface area contributed by atoms with E-state index in [1.807, 2.05) is 6.92 Å². The lowest BCUT2D eigenvalue weighted by molar-refractivity contribution is -0.0148. The summed E-state index contributed by atoms with van der Waals surface area (Å²) in [5.41, 5.74) is -0.0568. The molecule has 1 aliphatic heterocycles. The van der Waals surface area contributed by atoms with Crippen LogP contribution in [-0.4, -0.2) is 72.3 Å². The maximum atomic E-state index is 13.0. The molecule has 2 saturated carbocycles. The van der Waals surface area contributed by atoms with Crippen LogP contribution in [0.15, 0.2) is 12.4 Å². The van der Waals surface area contributed by atoms with Crippen LogP contribution < -0.4 is 4.72 Å². The number of alkyl halides is 1. The van der Waals surface area contributed by atoms with Gasteiger partial charge in [-0.15, -0.1) is 0 Å². The first-order chi connectivity index (χ1) is 16.5. The smallest absolute Gasteiger partial charge is 0.410 e. The number of ether oxygens (including phenoxy) is 2. The van der Waals surface area contributed by atoms with Crippen LogP contribution in [0.3, 0.4) is 0 Å². The van der Waals surface area contributed by atoms with Crippen LogP contribution in [0, 0.1) is 11.8 Å². The molecular formula is C23H34ClFN4O5S. The molecule has 196 valence electrons. The van der Waals surface area contributed by atoms with Crippen molar-refractivity contribution in [2.45, 2.75) is 89.1 Å². The van der Waals surface area contributed by atoms with Gasteiger partial charge in [-0.2, -0.15) is 0 Å². The molecule has 0 bridgehead atoms. The van der Waals surface area contributed by atoms with E-state index in [-0.39, 0.29) is 30.3 Å². The maximum Gasteiger partial charge on any atom is 0.410 e. The minimum absolute atomic E-state index is 0.0392. The van der Waals surface area contributed by atoms with Crippen LogP contribution in [0.1, 0.15) is 59.2 Å². The van der Waals surface area contributed by atoms with Gasteiger partial charge in [0.2, 0.25) is 16.0 Å². The van der Waals surface area contributed by atoms with E-state index in [1.165, 1.54) is 4.90 Å². The number of rotatable bonds is 8. The summed E-state index contributed by atoms with van der Waals surface area (Å²) in [7, 11) is -4.10. The number of likely N-dealkylation sites (tertiary alicyclic amines) is 1. The molecule has 0 aromatic carbocycles. The monoisotopic (exact) mass is 532 g/mol. The molecule has 2 heterocycles. The Kier molecular flexibility index (Phi) is 7.62. The standard InChI is InChI=1S/C23H34ClFN4O5S/c1-13(2)34-22(30)29-14(3)7-19(28-35(31,32)12-25)20(29)11-33-17-5-6-23(15(4)18(23)8-17)21-26-9-16(24)10-27-21/h9-10,13-15,17-20,28H,5-8,11-12H2,1-4H3/t14-,15?,17+,18?,19+,20+,23-/m1/s1. The van der Waals surface area contributed by atoms with Crippen molar-refractivity contribution in [3.8, 4) is 0 Å². The zero-order valence-electron chi connectivity index (χ0n) is 20.5. The fourth-order valence-corrected chi connectivity index (χ4v) is 6.97. The number of carbonyl (C=O) groups excluding carboxylic acids is 1. The number of amides is 1. The van der Waals surface area contributed by atoms with Gasteiger partial charge < -0.3 is 9.47 Å². The molecule has 12 heteroatoms. The molecular weight excluding hydrogens is 499 g/mol. The van der Waals surface area contributed by atoms with E-state index in [9.17, 15) is 17.6 Å². The molecule has 7 atom stereocenters. The lowest BCUT2D eigenvalue weighted by Gasteiger charge is -2.33. The van der Waals surface area contributed by atoms with Crippen LogP contribution >= 0.6 is 11.6 Å². The van der Waals surface area contributed by atoms with E-state index in [0.29, 0.717) is 23.3 Å². The number of halogens is 2. The fraction of sp³-hybridized carbons (Fsp3) is 0.783. The molecule has 9 nitrogen and oxygen atoms in total. The van der Waals surface area contributed by atoms with E-state index >= 15 is 0 Å². The fourth-order valence-electron chi connectivity index (χ4n) is 6.10. The number of sulfonamides is 1. The first-order valence-electron chi connectivity index (χ1n) is 12.1. The SMILES string of the molecule is CC(C)OC(=O)N1[C@H](C)C[C@H](NS(=O)(=O)CF)[C@@H]1CO[C@H]1CC[C@@]2(c3ncc(Cl)cn3)C(C)C2C1. The van der Waals surface area contributed by atoms with Crippen LogP contribution in [0.25, 0.3) is 0 Å². The van der Waals surface area contributed by atoms with Gasteiger partial charge in [0.05, 0.1) is 29.9 Å². The summed E-state index contributed by atoms with van der Waals surface area (Å²) in [5.74, 6) is 1.63. The molecule has 1 saturated heterocycles. The van der Waals surface area contributed by atoms with Crippen molar-refractivity contribution in [2.75, 3.05) is 12.6 Å². The minimum atomic E-state index is -4.10. The third-order valence-corrected chi connectivity index (χ3v) is 8.96. The predicted octanol–water partition coefficient (Wildman–Crippen LogP) is 3.43. The molecule has 35 heavy (non-hydrogen) atoms. The Bertz CT molecular complexity index is 1030. The third-order valence-electron chi connectivity index (χ3n) is 7.82. The zero-order chi connectivity index (χ0) is 25.5. The molecule has 2 aliphatic carbocycles. The molecule has 1 aromatic rings. The van der Waals surface area contributed by atoms with E-state index in [2.05, 4.69) is 21.6 Å².